The highest BCUT2D eigenvalue weighted by Gasteiger charge is 2.22. The van der Waals surface area contributed by atoms with Gasteiger partial charge in [-0.15, -0.1) is 0 Å². The van der Waals surface area contributed by atoms with Crippen molar-refractivity contribution >= 4 is 43.6 Å². The quantitative estimate of drug-likeness (QED) is 0.296. The summed E-state index contributed by atoms with van der Waals surface area (Å²) in [5, 5.41) is 6.34. The number of imidazole rings is 1. The molecule has 0 aliphatic carbocycles. The number of pyridine rings is 2. The van der Waals surface area contributed by atoms with Crippen LogP contribution in [0, 0.1) is 5.82 Å². The molecule has 3 heterocycles. The number of halogens is 1. The van der Waals surface area contributed by atoms with Crippen molar-refractivity contribution in [3.8, 4) is 11.6 Å². The summed E-state index contributed by atoms with van der Waals surface area (Å²) in [5.41, 5.74) is 1.84. The van der Waals surface area contributed by atoms with Crippen LogP contribution in [0.1, 0.15) is 5.56 Å². The normalized spacial score (nSPS) is 12.1. The molecular formula is C23H23FN6O4S. The Kier molecular flexibility index (Phi) is 5.93. The van der Waals surface area contributed by atoms with Crippen LogP contribution >= 0.6 is 0 Å². The van der Waals surface area contributed by atoms with Crippen molar-refractivity contribution in [3.63, 3.8) is 0 Å². The fourth-order valence-electron chi connectivity index (χ4n) is 3.68. The van der Waals surface area contributed by atoms with E-state index in [0.29, 0.717) is 38.8 Å². The first-order chi connectivity index (χ1) is 16.4. The zero-order valence-corrected chi connectivity index (χ0v) is 20.6. The zero-order valence-electron chi connectivity index (χ0n) is 19.8. The molecule has 3 aromatic heterocycles. The Morgan fingerprint density at radius 2 is 1.94 bits per heavy atom. The Hall–Kier alpha value is -4.06. The summed E-state index contributed by atoms with van der Waals surface area (Å²) in [5.74, 6) is -0.791. The molecule has 35 heavy (non-hydrogen) atoms. The van der Waals surface area contributed by atoms with Gasteiger partial charge in [-0.1, -0.05) is 6.58 Å². The lowest BCUT2D eigenvalue weighted by atomic mass is 10.0. The molecule has 182 valence electrons. The number of aryl methyl sites for hydroxylation is 1. The molecule has 0 atom stereocenters. The van der Waals surface area contributed by atoms with E-state index >= 15 is 4.39 Å². The summed E-state index contributed by atoms with van der Waals surface area (Å²) in [6.45, 7) is 4.06. The highest BCUT2D eigenvalue weighted by Crippen LogP contribution is 2.33. The van der Waals surface area contributed by atoms with Crippen LogP contribution in [-0.2, 0) is 16.9 Å². The second kappa shape index (κ2) is 8.62. The number of fused-ring (bicyclic) bond motifs is 3. The number of allylic oxidation sites excluding steroid dienone is 1. The minimum absolute atomic E-state index is 0.290. The van der Waals surface area contributed by atoms with Gasteiger partial charge in [0.1, 0.15) is 5.75 Å². The second-order valence-corrected chi connectivity index (χ2v) is 10.1. The van der Waals surface area contributed by atoms with Crippen LogP contribution in [0.4, 0.5) is 4.39 Å². The van der Waals surface area contributed by atoms with E-state index in [0.717, 1.165) is 23.1 Å². The Morgan fingerprint density at radius 1 is 1.23 bits per heavy atom. The zero-order chi connectivity index (χ0) is 25.7. The Morgan fingerprint density at radius 3 is 2.54 bits per heavy atom. The van der Waals surface area contributed by atoms with Gasteiger partial charge in [0.15, 0.2) is 21.5 Å². The van der Waals surface area contributed by atoms with E-state index in [1.807, 2.05) is 0 Å². The number of aromatic nitrogens is 4. The van der Waals surface area contributed by atoms with Crippen LogP contribution < -0.4 is 10.4 Å². The van der Waals surface area contributed by atoms with Crippen molar-refractivity contribution in [3.05, 3.63) is 59.0 Å². The van der Waals surface area contributed by atoms with Crippen LogP contribution in [0.15, 0.2) is 52.0 Å². The summed E-state index contributed by atoms with van der Waals surface area (Å²) < 4.78 is 46.7. The van der Waals surface area contributed by atoms with Crippen molar-refractivity contribution in [2.24, 2.45) is 12.1 Å². The number of ether oxygens (including phenoxy) is 1. The van der Waals surface area contributed by atoms with Crippen molar-refractivity contribution < 1.29 is 17.5 Å². The lowest BCUT2D eigenvalue weighted by molar-refractivity contribution is 0.414. The van der Waals surface area contributed by atoms with Crippen molar-refractivity contribution in [2.45, 2.75) is 4.90 Å². The van der Waals surface area contributed by atoms with E-state index in [2.05, 4.69) is 21.6 Å². The molecule has 0 aliphatic rings. The number of hydrogen-bond donors (Lipinski definition) is 0. The third kappa shape index (κ3) is 4.16. The van der Waals surface area contributed by atoms with Gasteiger partial charge in [-0.25, -0.2) is 27.2 Å². The summed E-state index contributed by atoms with van der Waals surface area (Å²) >= 11 is 0. The van der Waals surface area contributed by atoms with Gasteiger partial charge in [0.25, 0.3) is 0 Å². The molecule has 0 amide bonds. The Balaban J connectivity index is 2.08. The molecule has 0 unspecified atom stereocenters. The average molecular weight is 499 g/mol. The number of nitrogens with zero attached hydrogens (tertiary/aromatic N) is 6. The number of hydrogen-bond acceptors (Lipinski definition) is 8. The van der Waals surface area contributed by atoms with Crippen LogP contribution in [0.25, 0.3) is 33.3 Å². The maximum atomic E-state index is 15.1. The first-order valence-electron chi connectivity index (χ1n) is 10.3. The molecule has 0 saturated heterocycles. The first-order valence-corrected chi connectivity index (χ1v) is 12.2. The van der Waals surface area contributed by atoms with Crippen LogP contribution in [0.3, 0.4) is 0 Å². The summed E-state index contributed by atoms with van der Waals surface area (Å²) in [6.07, 6.45) is 5.05. The van der Waals surface area contributed by atoms with Crippen LogP contribution in [0.5, 0.6) is 5.75 Å². The number of rotatable bonds is 6. The highest BCUT2D eigenvalue weighted by molar-refractivity contribution is 7.90. The average Bonchev–Trinajstić information content (AvgIpc) is 3.06. The predicted molar refractivity (Wildman–Crippen MR) is 132 cm³/mol. The fourth-order valence-corrected chi connectivity index (χ4v) is 4.24. The van der Waals surface area contributed by atoms with Gasteiger partial charge in [0, 0.05) is 50.6 Å². The number of benzene rings is 1. The molecular weight excluding hydrogens is 475 g/mol. The fraction of sp³-hybridized carbons (Fsp3) is 0.217. The summed E-state index contributed by atoms with van der Waals surface area (Å²) in [4.78, 5) is 21.3. The molecule has 0 spiro atoms. The molecule has 0 aliphatic heterocycles. The molecule has 0 bridgehead atoms. The smallest absolute Gasteiger partial charge is 0.334 e. The van der Waals surface area contributed by atoms with Crippen molar-refractivity contribution in [2.75, 3.05) is 27.5 Å². The maximum Gasteiger partial charge on any atom is 0.334 e. The summed E-state index contributed by atoms with van der Waals surface area (Å²) in [6, 6.07) is 4.28. The van der Waals surface area contributed by atoms with Crippen molar-refractivity contribution in [1.82, 2.24) is 24.1 Å². The van der Waals surface area contributed by atoms with Crippen LogP contribution in [0.2, 0.25) is 0 Å². The SMILES string of the molecule is C=C(/C=N\N(C)C)c1cc2c(cc1OC)ncc1c2n(-c2ncc(S(C)(=O)=O)cc2F)c(=O)n1C. The number of methoxy groups -OCH3 is 1. The molecule has 10 nitrogen and oxygen atoms in total. The molecule has 4 aromatic rings. The van der Waals surface area contributed by atoms with Gasteiger partial charge in [0.05, 0.1) is 41.0 Å². The van der Waals surface area contributed by atoms with E-state index in [1.54, 1.807) is 37.5 Å². The molecule has 0 fully saturated rings. The van der Waals surface area contributed by atoms with E-state index in [9.17, 15) is 13.2 Å². The molecule has 12 heteroatoms. The van der Waals surface area contributed by atoms with Crippen molar-refractivity contribution in [1.29, 1.82) is 0 Å². The molecule has 1 aromatic carbocycles. The first kappa shape index (κ1) is 24.1. The second-order valence-electron chi connectivity index (χ2n) is 8.10. The lowest BCUT2D eigenvalue weighted by Crippen LogP contribution is -2.22. The lowest BCUT2D eigenvalue weighted by Gasteiger charge is -2.12. The minimum Gasteiger partial charge on any atom is -0.496 e. The standard InChI is InChI=1S/C23H23FN6O4S/c1-13(10-27-28(2)3)15-8-16-18(9-20(15)34-5)25-12-19-21(16)30(23(31)29(19)4)22-17(24)7-14(11-26-22)35(6,32)33/h7-12H,1H2,2-6H3/b27-10-. The Labute approximate surface area is 200 Å². The van der Waals surface area contributed by atoms with E-state index in [1.165, 1.54) is 24.9 Å². The molecule has 0 saturated carbocycles. The van der Waals surface area contributed by atoms with Gasteiger partial charge in [-0.2, -0.15) is 5.10 Å². The largest absolute Gasteiger partial charge is 0.496 e. The predicted octanol–water partition coefficient (Wildman–Crippen LogP) is 2.38. The number of hydrazone groups is 1. The highest BCUT2D eigenvalue weighted by atomic mass is 32.2. The van der Waals surface area contributed by atoms with Gasteiger partial charge in [0.2, 0.25) is 0 Å². The van der Waals surface area contributed by atoms with Crippen LogP contribution in [-0.4, -0.2) is 66.2 Å². The third-order valence-electron chi connectivity index (χ3n) is 5.43. The van der Waals surface area contributed by atoms with Gasteiger partial charge in [-0.05, 0) is 17.7 Å². The molecule has 0 N–H and O–H groups in total. The van der Waals surface area contributed by atoms with Gasteiger partial charge in [-0.3, -0.25) is 9.55 Å². The van der Waals surface area contributed by atoms with Gasteiger partial charge < -0.3 is 9.75 Å². The Bertz CT molecular complexity index is 1700. The van der Waals surface area contributed by atoms with E-state index in [4.69, 9.17) is 4.74 Å². The third-order valence-corrected chi connectivity index (χ3v) is 6.51. The minimum atomic E-state index is -3.69. The molecule has 0 radical (unpaired) electrons. The topological polar surface area (TPSA) is 112 Å². The van der Waals surface area contributed by atoms with E-state index in [-0.39, 0.29) is 10.7 Å². The summed E-state index contributed by atoms with van der Waals surface area (Å²) in [7, 11) is 2.91. The van der Waals surface area contributed by atoms with Gasteiger partial charge >= 0.3 is 5.69 Å². The monoisotopic (exact) mass is 498 g/mol. The van der Waals surface area contributed by atoms with E-state index < -0.39 is 21.3 Å². The maximum absolute atomic E-state index is 15.1. The number of sulfone groups is 1. The molecule has 4 rings (SSSR count).